The van der Waals surface area contributed by atoms with Crippen molar-refractivity contribution in [3.63, 3.8) is 0 Å². The van der Waals surface area contributed by atoms with Crippen LogP contribution in [0.4, 0.5) is 0 Å². The van der Waals surface area contributed by atoms with Gasteiger partial charge in [0.25, 0.3) is 0 Å². The van der Waals surface area contributed by atoms with Crippen LogP contribution in [0.15, 0.2) is 48.6 Å². The van der Waals surface area contributed by atoms with E-state index in [-0.39, 0.29) is 13.0 Å². The maximum atomic E-state index is 13.5. The summed E-state index contributed by atoms with van der Waals surface area (Å²) in [5, 5.41) is 57.4. The number of carbonyl (C=O) groups excluding carboxylic acids is 2. The van der Waals surface area contributed by atoms with Gasteiger partial charge in [-0.1, -0.05) is 320 Å². The van der Waals surface area contributed by atoms with Gasteiger partial charge in [0, 0.05) is 6.42 Å². The van der Waals surface area contributed by atoms with Gasteiger partial charge in [0.2, 0.25) is 5.91 Å². The van der Waals surface area contributed by atoms with E-state index in [2.05, 4.69) is 62.5 Å². The summed E-state index contributed by atoms with van der Waals surface area (Å²) in [4.78, 5) is 26.7. The van der Waals surface area contributed by atoms with E-state index in [0.717, 1.165) is 64.2 Å². The van der Waals surface area contributed by atoms with Crippen molar-refractivity contribution in [1.29, 1.82) is 0 Å². The largest absolute Gasteiger partial charge is 0.454 e. The molecule has 0 aliphatic carbocycles. The minimum absolute atomic E-state index is 0.125. The first-order valence-corrected chi connectivity index (χ1v) is 37.4. The smallest absolute Gasteiger partial charge is 0.306 e. The molecule has 0 saturated carbocycles. The molecule has 6 N–H and O–H groups in total. The number of aliphatic hydroxyl groups excluding tert-OH is 5. The SMILES string of the molecule is CCCCC/C=C\C/C=C\CCCCCCCCCCCCCCCC(=O)OC1C(OCC(NC(=O)C(O)CCCCCCCCCCCCCC/C=C/CCCCCCCC)C(O)/C=C/CCCCCCCCCCCCC)OC(CO)C(O)C1O. The van der Waals surface area contributed by atoms with Crippen LogP contribution in [0.5, 0.6) is 0 Å². The second kappa shape index (κ2) is 63.8. The molecule has 1 amide bonds. The standard InChI is InChI=1S/C76H141NO10/c1-4-7-10-13-16-19-22-25-27-29-31-33-35-37-39-41-43-46-49-52-55-58-61-64-71(81)87-74-73(83)72(82)70(65-78)86-76(74)85-66-67(68(79)62-59-56-53-50-47-44-24-21-18-15-12-9-6-3)77-75(84)69(80)63-60-57-54-51-48-45-42-40-38-36-34-32-30-28-26-23-20-17-14-11-8-5-2/h16,19,25-28,59,62,67-70,72-74,76,78-80,82-83H,4-15,17-18,20-24,29-58,60-61,63-66H2,1-3H3,(H,77,84)/b19-16-,27-25-,28-26+,62-59+. The van der Waals surface area contributed by atoms with Crippen molar-refractivity contribution in [2.75, 3.05) is 13.2 Å². The van der Waals surface area contributed by atoms with E-state index >= 15 is 0 Å². The molecular formula is C76H141NO10. The van der Waals surface area contributed by atoms with Crippen LogP contribution in [0.2, 0.25) is 0 Å². The lowest BCUT2D eigenvalue weighted by atomic mass is 9.99. The number of nitrogens with one attached hydrogen (secondary N) is 1. The molecule has 0 radical (unpaired) electrons. The Bertz CT molecular complexity index is 1600. The molecule has 11 heteroatoms. The Morgan fingerprint density at radius 2 is 0.793 bits per heavy atom. The summed E-state index contributed by atoms with van der Waals surface area (Å²) in [5.74, 6) is -1.18. The number of hydrogen-bond acceptors (Lipinski definition) is 10. The molecule has 0 bridgehead atoms. The molecule has 87 heavy (non-hydrogen) atoms. The Hall–Kier alpha value is -2.38. The number of allylic oxidation sites excluding steroid dienone is 7. The maximum Gasteiger partial charge on any atom is 0.306 e. The van der Waals surface area contributed by atoms with Crippen molar-refractivity contribution in [3.05, 3.63) is 48.6 Å². The van der Waals surface area contributed by atoms with E-state index in [1.807, 2.05) is 6.08 Å². The van der Waals surface area contributed by atoms with Crippen LogP contribution in [0.25, 0.3) is 0 Å². The minimum Gasteiger partial charge on any atom is -0.454 e. The molecule has 1 saturated heterocycles. The zero-order chi connectivity index (χ0) is 63.1. The Morgan fingerprint density at radius 3 is 1.21 bits per heavy atom. The fraction of sp³-hybridized carbons (Fsp3) is 0.868. The third-order valence-corrected chi connectivity index (χ3v) is 17.7. The first-order chi connectivity index (χ1) is 42.7. The lowest BCUT2D eigenvalue weighted by Gasteiger charge is -2.41. The number of amides is 1. The summed E-state index contributed by atoms with van der Waals surface area (Å²) in [6.45, 7) is 5.82. The predicted octanol–water partition coefficient (Wildman–Crippen LogP) is 19.5. The highest BCUT2D eigenvalue weighted by Gasteiger charge is 2.47. The van der Waals surface area contributed by atoms with Gasteiger partial charge in [-0.15, -0.1) is 0 Å². The first kappa shape index (κ1) is 82.6. The molecule has 510 valence electrons. The molecule has 0 aromatic rings. The number of unbranched alkanes of at least 4 members (excludes halogenated alkanes) is 45. The second-order valence-electron chi connectivity index (χ2n) is 26.0. The summed E-state index contributed by atoms with van der Waals surface area (Å²) >= 11 is 0. The summed E-state index contributed by atoms with van der Waals surface area (Å²) in [6, 6.07) is -1.02. The van der Waals surface area contributed by atoms with Crippen LogP contribution < -0.4 is 5.32 Å². The Labute approximate surface area is 536 Å². The van der Waals surface area contributed by atoms with Crippen molar-refractivity contribution in [3.8, 4) is 0 Å². The first-order valence-electron chi connectivity index (χ1n) is 37.4. The number of carbonyl (C=O) groups is 2. The molecule has 8 atom stereocenters. The van der Waals surface area contributed by atoms with E-state index < -0.39 is 67.4 Å². The van der Waals surface area contributed by atoms with Gasteiger partial charge < -0.3 is 45.1 Å². The lowest BCUT2D eigenvalue weighted by molar-refractivity contribution is -0.305. The van der Waals surface area contributed by atoms with Crippen molar-refractivity contribution in [1.82, 2.24) is 5.32 Å². The quantitative estimate of drug-likeness (QED) is 0.0195. The molecule has 1 aliphatic heterocycles. The minimum atomic E-state index is -1.61. The lowest BCUT2D eigenvalue weighted by Crippen LogP contribution is -2.61. The van der Waals surface area contributed by atoms with Crippen LogP contribution in [-0.4, -0.2) is 99.6 Å². The van der Waals surface area contributed by atoms with Crippen molar-refractivity contribution in [2.45, 2.75) is 410 Å². The fourth-order valence-electron chi connectivity index (χ4n) is 11.8. The molecular weight excluding hydrogens is 1090 g/mol. The molecule has 1 heterocycles. The Morgan fingerprint density at radius 1 is 0.448 bits per heavy atom. The molecule has 0 aromatic carbocycles. The van der Waals surface area contributed by atoms with Crippen molar-refractivity contribution >= 4 is 11.9 Å². The Balaban J connectivity index is 2.56. The van der Waals surface area contributed by atoms with Crippen LogP contribution in [0.1, 0.15) is 361 Å². The van der Waals surface area contributed by atoms with Crippen LogP contribution in [0, 0.1) is 0 Å². The zero-order valence-corrected chi connectivity index (χ0v) is 56.9. The number of esters is 1. The number of ether oxygens (including phenoxy) is 3. The zero-order valence-electron chi connectivity index (χ0n) is 56.9. The van der Waals surface area contributed by atoms with Crippen molar-refractivity contribution < 1.29 is 49.3 Å². The highest BCUT2D eigenvalue weighted by atomic mass is 16.7. The summed E-state index contributed by atoms with van der Waals surface area (Å²) in [5.41, 5.74) is 0. The number of aliphatic hydroxyl groups is 5. The topological polar surface area (TPSA) is 175 Å². The monoisotopic (exact) mass is 1230 g/mol. The third kappa shape index (κ3) is 50.9. The van der Waals surface area contributed by atoms with E-state index in [4.69, 9.17) is 14.2 Å². The molecule has 1 aliphatic rings. The molecule has 11 nitrogen and oxygen atoms in total. The van der Waals surface area contributed by atoms with E-state index in [1.54, 1.807) is 6.08 Å². The normalized spacial score (nSPS) is 18.5. The fourth-order valence-corrected chi connectivity index (χ4v) is 11.8. The van der Waals surface area contributed by atoms with Crippen molar-refractivity contribution in [2.24, 2.45) is 0 Å². The maximum absolute atomic E-state index is 13.5. The van der Waals surface area contributed by atoms with Gasteiger partial charge in [0.15, 0.2) is 12.4 Å². The van der Waals surface area contributed by atoms with Crippen LogP contribution >= 0.6 is 0 Å². The third-order valence-electron chi connectivity index (χ3n) is 17.7. The summed E-state index contributed by atoms with van der Waals surface area (Å²) in [6.07, 6.45) is 70.1. The predicted molar refractivity (Wildman–Crippen MR) is 366 cm³/mol. The van der Waals surface area contributed by atoms with Gasteiger partial charge in [-0.05, 0) is 83.5 Å². The average Bonchev–Trinajstić information content (AvgIpc) is 2.32. The number of hydrogen-bond donors (Lipinski definition) is 6. The second-order valence-corrected chi connectivity index (χ2v) is 26.0. The molecule has 0 aromatic heterocycles. The van der Waals surface area contributed by atoms with Gasteiger partial charge in [-0.25, -0.2) is 0 Å². The van der Waals surface area contributed by atoms with Gasteiger partial charge in [-0.2, -0.15) is 0 Å². The molecule has 1 fully saturated rings. The van der Waals surface area contributed by atoms with Crippen LogP contribution in [0.3, 0.4) is 0 Å². The molecule has 8 unspecified atom stereocenters. The van der Waals surface area contributed by atoms with E-state index in [1.165, 1.54) is 250 Å². The summed E-state index contributed by atoms with van der Waals surface area (Å²) < 4.78 is 17.7. The van der Waals surface area contributed by atoms with E-state index in [9.17, 15) is 35.1 Å². The van der Waals surface area contributed by atoms with Gasteiger partial charge in [-0.3, -0.25) is 9.59 Å². The highest BCUT2D eigenvalue weighted by Crippen LogP contribution is 2.26. The molecule has 0 spiro atoms. The van der Waals surface area contributed by atoms with Gasteiger partial charge in [0.1, 0.15) is 24.4 Å². The number of rotatable bonds is 65. The summed E-state index contributed by atoms with van der Waals surface area (Å²) in [7, 11) is 0. The average molecular weight is 1230 g/mol. The van der Waals surface area contributed by atoms with Crippen LogP contribution in [-0.2, 0) is 23.8 Å². The molecule has 1 rings (SSSR count). The van der Waals surface area contributed by atoms with E-state index in [0.29, 0.717) is 19.3 Å². The highest BCUT2D eigenvalue weighted by molar-refractivity contribution is 5.80. The van der Waals surface area contributed by atoms with Gasteiger partial charge in [0.05, 0.1) is 25.4 Å². The van der Waals surface area contributed by atoms with Gasteiger partial charge >= 0.3 is 5.97 Å². The Kier molecular flexibility index (Phi) is 60.6.